The van der Waals surface area contributed by atoms with E-state index in [1.807, 2.05) is 41.8 Å². The molecule has 0 saturated heterocycles. The van der Waals surface area contributed by atoms with Crippen LogP contribution < -0.4 is 10.1 Å². The predicted octanol–water partition coefficient (Wildman–Crippen LogP) is 5.15. The van der Waals surface area contributed by atoms with Gasteiger partial charge in [-0.1, -0.05) is 48.5 Å². The van der Waals surface area contributed by atoms with Gasteiger partial charge in [0, 0.05) is 10.9 Å². The fourth-order valence-electron chi connectivity index (χ4n) is 2.94. The molecule has 4 rings (SSSR count). The van der Waals surface area contributed by atoms with E-state index in [1.54, 1.807) is 7.11 Å². The Balaban J connectivity index is 1.47. The Bertz CT molecular complexity index is 1100. The SMILES string of the molecule is COc1cccc(CC(=O)Nc2nc(-c3ccc4ccccc4c3)cs2)c1. The summed E-state index contributed by atoms with van der Waals surface area (Å²) < 4.78 is 5.20. The van der Waals surface area contributed by atoms with Crippen LogP contribution in [-0.2, 0) is 11.2 Å². The number of hydrogen-bond acceptors (Lipinski definition) is 4. The van der Waals surface area contributed by atoms with Gasteiger partial charge < -0.3 is 10.1 Å². The largest absolute Gasteiger partial charge is 0.497 e. The van der Waals surface area contributed by atoms with E-state index in [4.69, 9.17) is 4.74 Å². The van der Waals surface area contributed by atoms with Gasteiger partial charge >= 0.3 is 0 Å². The van der Waals surface area contributed by atoms with Gasteiger partial charge in [0.25, 0.3) is 0 Å². The van der Waals surface area contributed by atoms with E-state index < -0.39 is 0 Å². The third-order valence-corrected chi connectivity index (χ3v) is 5.05. The number of anilines is 1. The first-order valence-corrected chi connectivity index (χ1v) is 9.47. The van der Waals surface area contributed by atoms with Crippen LogP contribution in [0.25, 0.3) is 22.0 Å². The fraction of sp³-hybridized carbons (Fsp3) is 0.0909. The van der Waals surface area contributed by atoms with Crippen molar-refractivity contribution in [3.05, 3.63) is 77.7 Å². The van der Waals surface area contributed by atoms with Crippen molar-refractivity contribution in [1.82, 2.24) is 4.98 Å². The van der Waals surface area contributed by atoms with Gasteiger partial charge in [-0.2, -0.15) is 0 Å². The van der Waals surface area contributed by atoms with Gasteiger partial charge in [-0.25, -0.2) is 4.98 Å². The molecule has 0 fully saturated rings. The van der Waals surface area contributed by atoms with Crippen LogP contribution in [0.2, 0.25) is 0 Å². The second kappa shape index (κ2) is 7.60. The molecule has 3 aromatic carbocycles. The summed E-state index contributed by atoms with van der Waals surface area (Å²) in [5.41, 5.74) is 2.80. The van der Waals surface area contributed by atoms with Crippen molar-refractivity contribution in [1.29, 1.82) is 0 Å². The highest BCUT2D eigenvalue weighted by molar-refractivity contribution is 7.14. The highest BCUT2D eigenvalue weighted by atomic mass is 32.1. The Morgan fingerprint density at radius 2 is 1.89 bits per heavy atom. The number of nitrogens with one attached hydrogen (secondary N) is 1. The summed E-state index contributed by atoms with van der Waals surface area (Å²) >= 11 is 1.43. The second-order valence-electron chi connectivity index (χ2n) is 6.18. The van der Waals surface area contributed by atoms with Gasteiger partial charge in [-0.05, 0) is 34.5 Å². The molecule has 0 unspecified atom stereocenters. The van der Waals surface area contributed by atoms with E-state index in [-0.39, 0.29) is 12.3 Å². The molecule has 5 heteroatoms. The first-order chi connectivity index (χ1) is 13.2. The summed E-state index contributed by atoms with van der Waals surface area (Å²) in [4.78, 5) is 16.9. The number of hydrogen-bond donors (Lipinski definition) is 1. The molecule has 0 aliphatic heterocycles. The number of methoxy groups -OCH3 is 1. The number of aromatic nitrogens is 1. The molecule has 4 nitrogen and oxygen atoms in total. The molecule has 1 N–H and O–H groups in total. The summed E-state index contributed by atoms with van der Waals surface area (Å²) in [5.74, 6) is 0.649. The van der Waals surface area contributed by atoms with Gasteiger partial charge in [0.2, 0.25) is 5.91 Å². The van der Waals surface area contributed by atoms with Crippen LogP contribution in [0.5, 0.6) is 5.75 Å². The molecule has 1 heterocycles. The minimum atomic E-state index is -0.0948. The van der Waals surface area contributed by atoms with E-state index in [9.17, 15) is 4.79 Å². The minimum absolute atomic E-state index is 0.0948. The quantitative estimate of drug-likeness (QED) is 0.525. The molecule has 0 aliphatic rings. The molecule has 0 saturated carbocycles. The summed E-state index contributed by atoms with van der Waals surface area (Å²) in [5, 5.41) is 7.82. The lowest BCUT2D eigenvalue weighted by Gasteiger charge is -2.04. The van der Waals surface area contributed by atoms with E-state index in [2.05, 4.69) is 40.6 Å². The van der Waals surface area contributed by atoms with Crippen LogP contribution in [0, 0.1) is 0 Å². The zero-order chi connectivity index (χ0) is 18.6. The van der Waals surface area contributed by atoms with Gasteiger partial charge in [0.1, 0.15) is 5.75 Å². The Morgan fingerprint density at radius 1 is 1.04 bits per heavy atom. The van der Waals surface area contributed by atoms with E-state index >= 15 is 0 Å². The number of carbonyl (C=O) groups is 1. The van der Waals surface area contributed by atoms with Crippen molar-refractivity contribution >= 4 is 33.1 Å². The number of benzene rings is 3. The number of rotatable bonds is 5. The molecule has 0 atom stereocenters. The maximum absolute atomic E-state index is 12.3. The normalized spacial score (nSPS) is 10.7. The molecule has 0 aliphatic carbocycles. The molecule has 4 aromatic rings. The number of amides is 1. The Kier molecular flexibility index (Phi) is 4.85. The first kappa shape index (κ1) is 17.2. The lowest BCUT2D eigenvalue weighted by molar-refractivity contribution is -0.115. The maximum Gasteiger partial charge on any atom is 0.230 e. The number of ether oxygens (including phenoxy) is 1. The summed E-state index contributed by atoms with van der Waals surface area (Å²) in [6.45, 7) is 0. The first-order valence-electron chi connectivity index (χ1n) is 8.59. The van der Waals surface area contributed by atoms with Crippen molar-refractivity contribution in [3.8, 4) is 17.0 Å². The van der Waals surface area contributed by atoms with Crippen molar-refractivity contribution < 1.29 is 9.53 Å². The third kappa shape index (κ3) is 3.99. The van der Waals surface area contributed by atoms with Crippen LogP contribution in [0.1, 0.15) is 5.56 Å². The predicted molar refractivity (Wildman–Crippen MR) is 110 cm³/mol. The van der Waals surface area contributed by atoms with Crippen LogP contribution in [0.3, 0.4) is 0 Å². The zero-order valence-corrected chi connectivity index (χ0v) is 15.6. The van der Waals surface area contributed by atoms with Crippen LogP contribution in [0.15, 0.2) is 72.1 Å². The zero-order valence-electron chi connectivity index (χ0n) is 14.8. The molecule has 0 spiro atoms. The molecule has 0 bridgehead atoms. The average Bonchev–Trinajstić information content (AvgIpc) is 3.16. The second-order valence-corrected chi connectivity index (χ2v) is 7.03. The molecule has 0 radical (unpaired) electrons. The van der Waals surface area contributed by atoms with Crippen molar-refractivity contribution in [2.45, 2.75) is 6.42 Å². The highest BCUT2D eigenvalue weighted by Crippen LogP contribution is 2.28. The number of fused-ring (bicyclic) bond motifs is 1. The molecule has 1 aromatic heterocycles. The topological polar surface area (TPSA) is 51.2 Å². The van der Waals surface area contributed by atoms with E-state index in [0.29, 0.717) is 5.13 Å². The smallest absolute Gasteiger partial charge is 0.230 e. The maximum atomic E-state index is 12.3. The van der Waals surface area contributed by atoms with Crippen molar-refractivity contribution in [2.24, 2.45) is 0 Å². The Morgan fingerprint density at radius 3 is 2.74 bits per heavy atom. The lowest BCUT2D eigenvalue weighted by Crippen LogP contribution is -2.14. The minimum Gasteiger partial charge on any atom is -0.497 e. The number of carbonyl (C=O) groups excluding carboxylic acids is 1. The number of thiazole rings is 1. The Labute approximate surface area is 161 Å². The van der Waals surface area contributed by atoms with E-state index in [0.717, 1.165) is 22.6 Å². The summed E-state index contributed by atoms with van der Waals surface area (Å²) in [7, 11) is 1.61. The Hall–Kier alpha value is -3.18. The standard InChI is InChI=1S/C22H18N2O2S/c1-26-19-8-4-5-15(11-19)12-21(25)24-22-23-20(14-27-22)18-10-9-16-6-2-3-7-17(16)13-18/h2-11,13-14H,12H2,1H3,(H,23,24,25). The van der Waals surface area contributed by atoms with Crippen LogP contribution in [-0.4, -0.2) is 18.0 Å². The van der Waals surface area contributed by atoms with Gasteiger partial charge in [0.05, 0.1) is 19.2 Å². The van der Waals surface area contributed by atoms with Crippen molar-refractivity contribution in [3.63, 3.8) is 0 Å². The van der Waals surface area contributed by atoms with Crippen LogP contribution in [0.4, 0.5) is 5.13 Å². The van der Waals surface area contributed by atoms with Crippen molar-refractivity contribution in [2.75, 3.05) is 12.4 Å². The molecular weight excluding hydrogens is 356 g/mol. The fourth-order valence-corrected chi connectivity index (χ4v) is 3.68. The lowest BCUT2D eigenvalue weighted by atomic mass is 10.1. The van der Waals surface area contributed by atoms with E-state index in [1.165, 1.54) is 22.1 Å². The molecule has 27 heavy (non-hydrogen) atoms. The number of nitrogens with zero attached hydrogens (tertiary/aromatic N) is 1. The van der Waals surface area contributed by atoms with Gasteiger partial charge in [0.15, 0.2) is 5.13 Å². The summed E-state index contributed by atoms with van der Waals surface area (Å²) in [6.07, 6.45) is 0.280. The highest BCUT2D eigenvalue weighted by Gasteiger charge is 2.10. The summed E-state index contributed by atoms with van der Waals surface area (Å²) in [6, 6.07) is 22.0. The molecule has 134 valence electrons. The van der Waals surface area contributed by atoms with Gasteiger partial charge in [-0.15, -0.1) is 11.3 Å². The monoisotopic (exact) mass is 374 g/mol. The molecule has 1 amide bonds. The van der Waals surface area contributed by atoms with Gasteiger partial charge in [-0.3, -0.25) is 4.79 Å². The third-order valence-electron chi connectivity index (χ3n) is 4.29. The van der Waals surface area contributed by atoms with Crippen LogP contribution >= 0.6 is 11.3 Å². The molecular formula is C22H18N2O2S. The average molecular weight is 374 g/mol.